The van der Waals surface area contributed by atoms with Crippen molar-refractivity contribution in [2.24, 2.45) is 0 Å². The van der Waals surface area contributed by atoms with Crippen molar-refractivity contribution in [2.45, 2.75) is 19.1 Å². The molecule has 1 N–H and O–H groups in total. The summed E-state index contributed by atoms with van der Waals surface area (Å²) >= 11 is 0. The van der Waals surface area contributed by atoms with E-state index in [2.05, 4.69) is 4.74 Å². The highest BCUT2D eigenvalue weighted by atomic mass is 16.6. The SMILES string of the molecule is O=C(O[C@H]1CCOC1=O)c1ccc(CO)cc1. The lowest BCUT2D eigenvalue weighted by Crippen LogP contribution is -2.22. The molecule has 0 unspecified atom stereocenters. The van der Waals surface area contributed by atoms with E-state index in [0.29, 0.717) is 24.2 Å². The Morgan fingerprint density at radius 1 is 1.41 bits per heavy atom. The molecule has 0 aromatic heterocycles. The molecule has 17 heavy (non-hydrogen) atoms. The predicted molar refractivity (Wildman–Crippen MR) is 57.1 cm³/mol. The van der Waals surface area contributed by atoms with Crippen LogP contribution in [0.5, 0.6) is 0 Å². The summed E-state index contributed by atoms with van der Waals surface area (Å²) in [6.07, 6.45) is -0.390. The maximum atomic E-state index is 11.7. The zero-order valence-electron chi connectivity index (χ0n) is 9.09. The lowest BCUT2D eigenvalue weighted by atomic mass is 10.1. The van der Waals surface area contributed by atoms with Crippen molar-refractivity contribution >= 4 is 11.9 Å². The molecule has 90 valence electrons. The second-order valence-electron chi connectivity index (χ2n) is 3.71. The number of benzene rings is 1. The van der Waals surface area contributed by atoms with Crippen LogP contribution in [0.1, 0.15) is 22.3 Å². The Hall–Kier alpha value is -1.88. The van der Waals surface area contributed by atoms with Gasteiger partial charge in [0.2, 0.25) is 6.10 Å². The average molecular weight is 236 g/mol. The number of carbonyl (C=O) groups is 2. The number of carbonyl (C=O) groups excluding carboxylic acids is 2. The van der Waals surface area contributed by atoms with Gasteiger partial charge in [-0.1, -0.05) is 12.1 Å². The Morgan fingerprint density at radius 3 is 2.65 bits per heavy atom. The first-order chi connectivity index (χ1) is 8.20. The molecule has 0 saturated carbocycles. The summed E-state index contributed by atoms with van der Waals surface area (Å²) in [4.78, 5) is 22.8. The molecule has 0 aliphatic carbocycles. The van der Waals surface area contributed by atoms with E-state index in [-0.39, 0.29) is 6.61 Å². The topological polar surface area (TPSA) is 72.8 Å². The maximum absolute atomic E-state index is 11.7. The Kier molecular flexibility index (Phi) is 3.39. The third-order valence-electron chi connectivity index (χ3n) is 2.51. The molecule has 1 aliphatic rings. The highest BCUT2D eigenvalue weighted by Gasteiger charge is 2.30. The molecule has 5 heteroatoms. The lowest BCUT2D eigenvalue weighted by Gasteiger charge is -2.08. The van der Waals surface area contributed by atoms with Crippen LogP contribution in [0.15, 0.2) is 24.3 Å². The first kappa shape index (κ1) is 11.6. The van der Waals surface area contributed by atoms with E-state index in [4.69, 9.17) is 9.84 Å². The van der Waals surface area contributed by atoms with Gasteiger partial charge in [-0.05, 0) is 17.7 Å². The molecule has 1 heterocycles. The third kappa shape index (κ3) is 2.62. The number of ether oxygens (including phenoxy) is 2. The number of rotatable bonds is 3. The van der Waals surface area contributed by atoms with Gasteiger partial charge in [0.05, 0.1) is 18.8 Å². The van der Waals surface area contributed by atoms with Gasteiger partial charge in [-0.15, -0.1) is 0 Å². The van der Waals surface area contributed by atoms with Crippen LogP contribution in [0.4, 0.5) is 0 Å². The fourth-order valence-corrected chi connectivity index (χ4v) is 1.53. The molecule has 1 atom stereocenters. The highest BCUT2D eigenvalue weighted by molar-refractivity contribution is 5.91. The monoisotopic (exact) mass is 236 g/mol. The van der Waals surface area contributed by atoms with E-state index < -0.39 is 18.0 Å². The fraction of sp³-hybridized carbons (Fsp3) is 0.333. The van der Waals surface area contributed by atoms with E-state index >= 15 is 0 Å². The molecule has 0 bridgehead atoms. The van der Waals surface area contributed by atoms with E-state index in [1.54, 1.807) is 24.3 Å². The van der Waals surface area contributed by atoms with Crippen LogP contribution in [-0.2, 0) is 20.9 Å². The molecule has 0 amide bonds. The first-order valence-corrected chi connectivity index (χ1v) is 5.28. The third-order valence-corrected chi connectivity index (χ3v) is 2.51. The van der Waals surface area contributed by atoms with Crippen molar-refractivity contribution in [3.63, 3.8) is 0 Å². The Bertz CT molecular complexity index is 423. The Morgan fingerprint density at radius 2 is 2.12 bits per heavy atom. The second kappa shape index (κ2) is 4.97. The molecule has 1 aromatic carbocycles. The van der Waals surface area contributed by atoms with Gasteiger partial charge in [0, 0.05) is 6.42 Å². The summed E-state index contributed by atoms with van der Waals surface area (Å²) in [6.45, 7) is 0.213. The van der Waals surface area contributed by atoms with Gasteiger partial charge in [-0.3, -0.25) is 0 Å². The van der Waals surface area contributed by atoms with Crippen LogP contribution in [0.25, 0.3) is 0 Å². The molecule has 5 nitrogen and oxygen atoms in total. The normalized spacial score (nSPS) is 18.9. The Labute approximate surface area is 98.0 Å². The molecule has 1 saturated heterocycles. The quantitative estimate of drug-likeness (QED) is 0.780. The minimum atomic E-state index is -0.792. The van der Waals surface area contributed by atoms with Crippen molar-refractivity contribution in [1.82, 2.24) is 0 Å². The summed E-state index contributed by atoms with van der Waals surface area (Å²) in [5.41, 5.74) is 1.06. The summed E-state index contributed by atoms with van der Waals surface area (Å²) in [5, 5.41) is 8.85. The molecular weight excluding hydrogens is 224 g/mol. The number of hydrogen-bond donors (Lipinski definition) is 1. The smallest absolute Gasteiger partial charge is 0.347 e. The van der Waals surface area contributed by atoms with Crippen LogP contribution in [0, 0.1) is 0 Å². The molecule has 2 rings (SSSR count). The summed E-state index contributed by atoms with van der Waals surface area (Å²) in [6, 6.07) is 6.36. The predicted octanol–water partition coefficient (Wildman–Crippen LogP) is 0.651. The molecule has 1 fully saturated rings. The van der Waals surface area contributed by atoms with Gasteiger partial charge in [-0.2, -0.15) is 0 Å². The summed E-state index contributed by atoms with van der Waals surface area (Å²) < 4.78 is 9.70. The molecule has 0 radical (unpaired) electrons. The molecule has 1 aliphatic heterocycles. The lowest BCUT2D eigenvalue weighted by molar-refractivity contribution is -0.145. The van der Waals surface area contributed by atoms with Crippen molar-refractivity contribution in [2.75, 3.05) is 6.61 Å². The van der Waals surface area contributed by atoms with Crippen LogP contribution >= 0.6 is 0 Å². The highest BCUT2D eigenvalue weighted by Crippen LogP contribution is 2.13. The van der Waals surface area contributed by atoms with E-state index in [9.17, 15) is 9.59 Å². The largest absolute Gasteiger partial charge is 0.463 e. The van der Waals surface area contributed by atoms with E-state index in [0.717, 1.165) is 0 Å². The second-order valence-corrected chi connectivity index (χ2v) is 3.71. The number of aliphatic hydroxyl groups is 1. The zero-order chi connectivity index (χ0) is 12.3. The maximum Gasteiger partial charge on any atom is 0.347 e. The van der Waals surface area contributed by atoms with Crippen molar-refractivity contribution in [3.8, 4) is 0 Å². The Balaban J connectivity index is 2.01. The van der Waals surface area contributed by atoms with Gasteiger partial charge in [-0.25, -0.2) is 9.59 Å². The van der Waals surface area contributed by atoms with Crippen molar-refractivity contribution in [1.29, 1.82) is 0 Å². The average Bonchev–Trinajstić information content (AvgIpc) is 2.75. The fourth-order valence-electron chi connectivity index (χ4n) is 1.53. The van der Waals surface area contributed by atoms with Gasteiger partial charge in [0.15, 0.2) is 0 Å². The minimum Gasteiger partial charge on any atom is -0.463 e. The summed E-state index contributed by atoms with van der Waals surface area (Å²) in [7, 11) is 0. The standard InChI is InChI=1S/C12H12O5/c13-7-8-1-3-9(4-2-8)11(14)17-10-5-6-16-12(10)15/h1-4,10,13H,5-7H2/t10-/m0/s1. The summed E-state index contributed by atoms with van der Waals surface area (Å²) in [5.74, 6) is -1.05. The van der Waals surface area contributed by atoms with Gasteiger partial charge >= 0.3 is 11.9 Å². The van der Waals surface area contributed by atoms with Gasteiger partial charge in [0.1, 0.15) is 0 Å². The van der Waals surface area contributed by atoms with Crippen LogP contribution < -0.4 is 0 Å². The molecular formula is C12H12O5. The molecule has 1 aromatic rings. The van der Waals surface area contributed by atoms with Crippen molar-refractivity contribution in [3.05, 3.63) is 35.4 Å². The van der Waals surface area contributed by atoms with Crippen LogP contribution in [0.3, 0.4) is 0 Å². The minimum absolute atomic E-state index is 0.0791. The van der Waals surface area contributed by atoms with Crippen molar-refractivity contribution < 1.29 is 24.2 Å². The van der Waals surface area contributed by atoms with E-state index in [1.165, 1.54) is 0 Å². The van der Waals surface area contributed by atoms with Gasteiger partial charge in [0.25, 0.3) is 0 Å². The zero-order valence-corrected chi connectivity index (χ0v) is 9.09. The number of hydrogen-bond acceptors (Lipinski definition) is 5. The molecule has 0 spiro atoms. The van der Waals surface area contributed by atoms with Crippen LogP contribution in [0.2, 0.25) is 0 Å². The van der Waals surface area contributed by atoms with E-state index in [1.807, 2.05) is 0 Å². The number of aliphatic hydroxyl groups excluding tert-OH is 1. The number of cyclic esters (lactones) is 1. The van der Waals surface area contributed by atoms with Crippen LogP contribution in [-0.4, -0.2) is 29.8 Å². The number of esters is 2. The first-order valence-electron chi connectivity index (χ1n) is 5.28. The van der Waals surface area contributed by atoms with Gasteiger partial charge < -0.3 is 14.6 Å².